The fourth-order valence-electron chi connectivity index (χ4n) is 2.39. The molecule has 32 heavy (non-hydrogen) atoms. The average Bonchev–Trinajstić information content (AvgIpc) is 2.84. The Bertz CT molecular complexity index is 1100. The van der Waals surface area contributed by atoms with Gasteiger partial charge in [0.2, 0.25) is 0 Å². The van der Waals surface area contributed by atoms with Crippen molar-refractivity contribution in [1.29, 1.82) is 5.26 Å². The fraction of sp³-hybridized carbons (Fsp3) is 0.348. The molecule has 2 aromatic rings. The summed E-state index contributed by atoms with van der Waals surface area (Å²) in [5.74, 6) is 2.24. The minimum Gasteiger partial charge on any atom is -0.493 e. The first-order valence-electron chi connectivity index (χ1n) is 10.8. The molecule has 0 amide bonds. The number of ether oxygens (including phenoxy) is 4. The van der Waals surface area contributed by atoms with Gasteiger partial charge in [-0.05, 0) is 44.2 Å². The Morgan fingerprint density at radius 1 is 1.06 bits per heavy atom. The second-order valence-corrected chi connectivity index (χ2v) is 7.75. The minimum atomic E-state index is -3.64. The van der Waals surface area contributed by atoms with Crippen molar-refractivity contribution in [3.8, 4) is 29.1 Å². The van der Waals surface area contributed by atoms with Crippen molar-refractivity contribution in [2.75, 3.05) is 33.7 Å². The topological polar surface area (TPSA) is 121 Å². The predicted octanol–water partition coefficient (Wildman–Crippen LogP) is 4.00. The number of nitrogens with two attached hydrogens (primary N) is 1. The summed E-state index contributed by atoms with van der Waals surface area (Å²) in [6, 6.07) is 11.9. The third kappa shape index (κ3) is 9.18. The molecule has 0 bridgehead atoms. The van der Waals surface area contributed by atoms with Crippen LogP contribution in [-0.4, -0.2) is 42.1 Å². The number of methoxy groups -OCH3 is 2. The molecular formula is C23H32N2O6S. The molecule has 176 valence electrons. The maximum atomic E-state index is 11.3. The summed E-state index contributed by atoms with van der Waals surface area (Å²) in [6.07, 6.45) is 0.940. The van der Waals surface area contributed by atoms with E-state index in [2.05, 4.69) is 0 Å². The molecular weight excluding hydrogens is 432 g/mol. The Hall–Kier alpha value is -3.38. The molecule has 0 aliphatic carbocycles. The van der Waals surface area contributed by atoms with Crippen LogP contribution in [0.4, 0.5) is 0 Å². The first kappa shape index (κ1) is 24.9. The summed E-state index contributed by atoms with van der Waals surface area (Å²) < 4.78 is 56.7. The predicted molar refractivity (Wildman–Crippen MR) is 127 cm³/mol. The number of sulfone groups is 1. The molecule has 8 nitrogen and oxygen atoms in total. The third-order valence-electron chi connectivity index (χ3n) is 3.66. The van der Waals surface area contributed by atoms with E-state index < -0.39 is 15.2 Å². The van der Waals surface area contributed by atoms with E-state index in [9.17, 15) is 8.42 Å². The van der Waals surface area contributed by atoms with Gasteiger partial charge in [-0.3, -0.25) is 0 Å². The number of nitriles is 1. The van der Waals surface area contributed by atoms with E-state index in [-0.39, 0.29) is 5.70 Å². The van der Waals surface area contributed by atoms with Crippen molar-refractivity contribution in [3.63, 3.8) is 0 Å². The van der Waals surface area contributed by atoms with Gasteiger partial charge in [0.25, 0.3) is 0 Å². The highest BCUT2D eigenvalue weighted by molar-refractivity contribution is 7.93. The van der Waals surface area contributed by atoms with Gasteiger partial charge in [0.1, 0.15) is 0 Å². The highest BCUT2D eigenvalue weighted by Crippen LogP contribution is 2.30. The summed E-state index contributed by atoms with van der Waals surface area (Å²) in [5.41, 5.74) is 6.55. The van der Waals surface area contributed by atoms with Gasteiger partial charge in [-0.2, -0.15) is 5.26 Å². The first-order chi connectivity index (χ1) is 16.1. The molecule has 0 heterocycles. The van der Waals surface area contributed by atoms with E-state index in [0.29, 0.717) is 47.3 Å². The van der Waals surface area contributed by atoms with E-state index in [1.807, 2.05) is 19.9 Å². The fourth-order valence-corrected chi connectivity index (χ4v) is 2.90. The maximum absolute atomic E-state index is 11.3. The molecule has 0 atom stereocenters. The molecule has 0 saturated heterocycles. The molecule has 9 heteroatoms. The lowest BCUT2D eigenvalue weighted by molar-refractivity contribution is 0.311. The number of rotatable bonds is 8. The Balaban J connectivity index is 0.000000633. The van der Waals surface area contributed by atoms with Crippen LogP contribution >= 0.6 is 0 Å². The lowest BCUT2D eigenvalue weighted by Gasteiger charge is -2.11. The number of hydrogen-bond acceptors (Lipinski definition) is 8. The van der Waals surface area contributed by atoms with Crippen molar-refractivity contribution in [2.24, 2.45) is 5.73 Å². The minimum absolute atomic E-state index is 0.119. The number of hydrogen-bond donors (Lipinski definition) is 1. The molecule has 2 aromatic carbocycles. The van der Waals surface area contributed by atoms with Gasteiger partial charge in [-0.25, -0.2) is 8.42 Å². The van der Waals surface area contributed by atoms with E-state index >= 15 is 0 Å². The van der Waals surface area contributed by atoms with E-state index in [1.165, 1.54) is 14.5 Å². The van der Waals surface area contributed by atoms with E-state index in [4.69, 9.17) is 32.7 Å². The molecule has 0 aromatic heterocycles. The Labute approximate surface area is 193 Å². The highest BCUT2D eigenvalue weighted by atomic mass is 32.2. The number of benzene rings is 2. The van der Waals surface area contributed by atoms with Gasteiger partial charge in [0.15, 0.2) is 32.8 Å². The molecule has 0 fully saturated rings. The zero-order valence-electron chi connectivity index (χ0n) is 21.3. The van der Waals surface area contributed by atoms with Crippen LogP contribution in [-0.2, 0) is 9.84 Å². The first-order valence-corrected chi connectivity index (χ1v) is 11.2. The van der Waals surface area contributed by atoms with Crippen LogP contribution in [0.2, 0.25) is 0 Å². The molecule has 0 radical (unpaired) electrons. The second kappa shape index (κ2) is 13.8. The Morgan fingerprint density at radius 2 is 1.56 bits per heavy atom. The lowest BCUT2D eigenvalue weighted by Crippen LogP contribution is -2.02. The lowest BCUT2D eigenvalue weighted by atomic mass is 10.1. The Morgan fingerprint density at radius 3 is 2.00 bits per heavy atom. The monoisotopic (exact) mass is 466 g/mol. The average molecular weight is 467 g/mol. The summed E-state index contributed by atoms with van der Waals surface area (Å²) in [5, 5.41) is 8.04. The summed E-state index contributed by atoms with van der Waals surface area (Å²) >= 11 is 0. The van der Waals surface area contributed by atoms with Gasteiger partial charge in [0.05, 0.1) is 51.5 Å². The van der Waals surface area contributed by atoms with Gasteiger partial charge in [0, 0.05) is 19.3 Å². The maximum Gasteiger partial charge on any atom is 0.170 e. The SMILES string of the molecule is CCOc1cc(C#N)ccc1OC.[2H]C.[2H]C(=C(N)c1ccc(OC)c(OCC)c1)S(C)(=O)=O. The summed E-state index contributed by atoms with van der Waals surface area (Å²) in [6.45, 7) is 4.70. The smallest absolute Gasteiger partial charge is 0.170 e. The normalized spacial score (nSPS) is 11.5. The zero-order valence-corrected chi connectivity index (χ0v) is 20.1. The van der Waals surface area contributed by atoms with Gasteiger partial charge in [-0.1, -0.05) is 7.40 Å². The summed E-state index contributed by atoms with van der Waals surface area (Å²) in [7, 11) is 0.685. The van der Waals surface area contributed by atoms with Crippen molar-refractivity contribution in [1.82, 2.24) is 0 Å². The van der Waals surface area contributed by atoms with E-state index in [1.54, 1.807) is 43.5 Å². The molecule has 0 spiro atoms. The van der Waals surface area contributed by atoms with Crippen LogP contribution in [0.3, 0.4) is 0 Å². The van der Waals surface area contributed by atoms with Gasteiger partial charge >= 0.3 is 0 Å². The van der Waals surface area contributed by atoms with Gasteiger partial charge in [-0.15, -0.1) is 0 Å². The third-order valence-corrected chi connectivity index (χ3v) is 4.25. The van der Waals surface area contributed by atoms with Crippen LogP contribution in [0.1, 0.15) is 35.1 Å². The van der Waals surface area contributed by atoms with E-state index in [0.717, 1.165) is 6.26 Å². The van der Waals surface area contributed by atoms with Crippen molar-refractivity contribution in [2.45, 2.75) is 21.3 Å². The second-order valence-electron chi connectivity index (χ2n) is 6.00. The zero-order chi connectivity index (χ0) is 26.3. The van der Waals surface area contributed by atoms with Crippen molar-refractivity contribution >= 4 is 15.5 Å². The standard InChI is InChI=1S/C12H17NO4S.C10H11NO2.CH4/c1-4-17-12-7-9(5-6-11(12)16-2)10(13)8-18(3,14)15;1-3-13-10-6-8(7-11)4-5-9(10)12-2;/h5-8H,4,13H2,1-3H3;4-6H,3H2,1-2H3;1H4/i8D;;1D. The molecule has 0 unspecified atom stereocenters. The summed E-state index contributed by atoms with van der Waals surface area (Å²) in [4.78, 5) is 0. The molecule has 2 N–H and O–H groups in total. The molecule has 0 saturated carbocycles. The number of nitrogens with zero attached hydrogens (tertiary/aromatic N) is 1. The van der Waals surface area contributed by atoms with Crippen LogP contribution in [0, 0.1) is 11.3 Å². The van der Waals surface area contributed by atoms with Crippen molar-refractivity contribution < 1.29 is 30.1 Å². The quantitative estimate of drug-likeness (QED) is 0.620. The molecule has 2 rings (SSSR count). The Kier molecular flexibility index (Phi) is 10.8. The molecule has 0 aliphatic rings. The van der Waals surface area contributed by atoms with Crippen LogP contribution in [0.15, 0.2) is 41.8 Å². The van der Waals surface area contributed by atoms with Crippen LogP contribution in [0.25, 0.3) is 5.70 Å². The van der Waals surface area contributed by atoms with Crippen LogP contribution in [0.5, 0.6) is 23.0 Å². The van der Waals surface area contributed by atoms with Crippen LogP contribution < -0.4 is 24.7 Å². The highest BCUT2D eigenvalue weighted by Gasteiger charge is 2.08. The van der Waals surface area contributed by atoms with Crippen molar-refractivity contribution in [3.05, 3.63) is 52.9 Å². The largest absolute Gasteiger partial charge is 0.493 e. The van der Waals surface area contributed by atoms with Gasteiger partial charge < -0.3 is 24.7 Å². The molecule has 0 aliphatic heterocycles.